The zero-order valence-electron chi connectivity index (χ0n) is 14.1. The van der Waals surface area contributed by atoms with E-state index in [4.69, 9.17) is 25.7 Å². The molecule has 0 aliphatic rings. The Morgan fingerprint density at radius 3 is 2.64 bits per heavy atom. The predicted octanol–water partition coefficient (Wildman–Crippen LogP) is 6.98. The van der Waals surface area contributed by atoms with Crippen LogP contribution < -0.4 is 4.52 Å². The zero-order chi connectivity index (χ0) is 17.9. The summed E-state index contributed by atoms with van der Waals surface area (Å²) in [5.41, 5.74) is 1.41. The summed E-state index contributed by atoms with van der Waals surface area (Å²) in [7, 11) is 0. The largest absolute Gasteiger partial charge is 0.456 e. The van der Waals surface area contributed by atoms with Gasteiger partial charge in [-0.3, -0.25) is 4.52 Å². The van der Waals surface area contributed by atoms with E-state index in [1.54, 1.807) is 25.1 Å². The van der Waals surface area contributed by atoms with Gasteiger partial charge in [-0.25, -0.2) is 4.57 Å². The first-order valence-corrected chi connectivity index (χ1v) is 11.6. The van der Waals surface area contributed by atoms with Crippen molar-refractivity contribution < 1.29 is 18.0 Å². The molecule has 0 saturated carbocycles. The molecule has 0 saturated heterocycles. The summed E-state index contributed by atoms with van der Waals surface area (Å²) < 4.78 is 30.6. The summed E-state index contributed by atoms with van der Waals surface area (Å²) in [5, 5.41) is 1.63. The first-order valence-electron chi connectivity index (χ1n) is 8.10. The van der Waals surface area contributed by atoms with Crippen LogP contribution >= 0.6 is 30.4 Å². The van der Waals surface area contributed by atoms with Crippen molar-refractivity contribution >= 4 is 52.3 Å². The molecule has 0 spiro atoms. The first kappa shape index (κ1) is 18.5. The summed E-state index contributed by atoms with van der Waals surface area (Å²) in [6.07, 6.45) is 0.893. The lowest BCUT2D eigenvalue weighted by Gasteiger charge is -2.17. The quantitative estimate of drug-likeness (QED) is 0.245. The normalized spacial score (nSPS) is 13.8. The Bertz CT molecular complexity index is 999. The van der Waals surface area contributed by atoms with Crippen LogP contribution in [0.2, 0.25) is 0 Å². The van der Waals surface area contributed by atoms with Crippen LogP contribution in [0.4, 0.5) is 0 Å². The summed E-state index contributed by atoms with van der Waals surface area (Å²) in [4.78, 5) is 0. The van der Waals surface area contributed by atoms with Gasteiger partial charge in [-0.2, -0.15) is 0 Å². The van der Waals surface area contributed by atoms with Crippen molar-refractivity contribution in [1.29, 1.82) is 0 Å². The van der Waals surface area contributed by atoms with Gasteiger partial charge in [-0.15, -0.1) is 0 Å². The maximum absolute atomic E-state index is 12.8. The molecule has 4 nitrogen and oxygen atoms in total. The van der Waals surface area contributed by atoms with E-state index >= 15 is 0 Å². The van der Waals surface area contributed by atoms with Gasteiger partial charge in [0.2, 0.25) is 0 Å². The molecule has 1 heterocycles. The highest BCUT2D eigenvalue weighted by atomic mass is 32.7. The third-order valence-corrected chi connectivity index (χ3v) is 7.90. The van der Waals surface area contributed by atoms with Gasteiger partial charge >= 0.3 is 6.80 Å². The molecule has 0 amide bonds. The molecule has 1 atom stereocenters. The minimum Gasteiger partial charge on any atom is -0.456 e. The van der Waals surface area contributed by atoms with Crippen LogP contribution in [-0.2, 0) is 9.09 Å². The number of rotatable bonds is 7. The highest BCUT2D eigenvalue weighted by molar-refractivity contribution is 8.55. The van der Waals surface area contributed by atoms with E-state index in [0.29, 0.717) is 28.2 Å². The Morgan fingerprint density at radius 2 is 1.88 bits per heavy atom. The van der Waals surface area contributed by atoms with Crippen molar-refractivity contribution in [2.45, 2.75) is 20.3 Å². The van der Waals surface area contributed by atoms with Gasteiger partial charge in [0.15, 0.2) is 0 Å². The van der Waals surface area contributed by atoms with Crippen LogP contribution in [0.1, 0.15) is 20.3 Å². The van der Waals surface area contributed by atoms with Crippen LogP contribution in [0.15, 0.2) is 46.9 Å². The van der Waals surface area contributed by atoms with Crippen molar-refractivity contribution in [3.8, 4) is 5.75 Å². The van der Waals surface area contributed by atoms with E-state index in [1.165, 1.54) is 11.4 Å². The summed E-state index contributed by atoms with van der Waals surface area (Å²) in [5.74, 6) is 1.17. The minimum atomic E-state index is -3.25. The molecule has 0 N–H and O–H groups in total. The van der Waals surface area contributed by atoms with Crippen molar-refractivity contribution in [3.05, 3.63) is 47.0 Å². The highest BCUT2D eigenvalue weighted by Gasteiger charge is 2.26. The maximum atomic E-state index is 12.8. The Hall–Kier alpha value is -1.33. The van der Waals surface area contributed by atoms with Crippen molar-refractivity contribution in [2.75, 3.05) is 12.4 Å². The standard InChI is InChI=1S/C18H19O4PS2/c1-3-11-25-23(19,20-4-2)22-13-9-10-17-15(12-13)18(24)14-7-5-6-8-16(14)21-17/h5-10,12H,3-4,11H2,1-2H3. The topological polar surface area (TPSA) is 48.7 Å². The smallest absolute Gasteiger partial charge is 0.440 e. The Morgan fingerprint density at radius 1 is 1.12 bits per heavy atom. The van der Waals surface area contributed by atoms with E-state index in [-0.39, 0.29) is 0 Å². The first-order chi connectivity index (χ1) is 12.1. The molecule has 0 aliphatic carbocycles. The molecular weight excluding hydrogens is 375 g/mol. The van der Waals surface area contributed by atoms with E-state index in [9.17, 15) is 4.57 Å². The number of benzene rings is 2. The number of hydrogen-bond acceptors (Lipinski definition) is 6. The molecule has 3 rings (SSSR count). The molecule has 7 heteroatoms. The lowest BCUT2D eigenvalue weighted by Crippen LogP contribution is -1.96. The van der Waals surface area contributed by atoms with Crippen LogP contribution in [0.3, 0.4) is 0 Å². The second-order valence-corrected chi connectivity index (χ2v) is 9.90. The summed E-state index contributed by atoms with van der Waals surface area (Å²) in [6.45, 7) is 0.904. The summed E-state index contributed by atoms with van der Waals surface area (Å²) >= 11 is 6.81. The predicted molar refractivity (Wildman–Crippen MR) is 107 cm³/mol. The average molecular weight is 394 g/mol. The molecule has 25 heavy (non-hydrogen) atoms. The van der Waals surface area contributed by atoms with Crippen molar-refractivity contribution in [2.24, 2.45) is 0 Å². The van der Waals surface area contributed by atoms with Gasteiger partial charge in [0.05, 0.1) is 11.1 Å². The van der Waals surface area contributed by atoms with Crippen LogP contribution in [0, 0.1) is 4.51 Å². The fraction of sp³-hybridized carbons (Fsp3) is 0.278. The SMILES string of the molecule is CCCSP(=O)(OCC)Oc1ccc2oc3ccccc3c(=S)c2c1. The van der Waals surface area contributed by atoms with Gasteiger partial charge in [0.25, 0.3) is 0 Å². The Balaban J connectivity index is 2.03. The molecule has 132 valence electrons. The van der Waals surface area contributed by atoms with Crippen molar-refractivity contribution in [1.82, 2.24) is 0 Å². The number of fused-ring (bicyclic) bond motifs is 2. The number of para-hydroxylation sites is 1. The molecule has 3 aromatic rings. The van der Waals surface area contributed by atoms with Gasteiger partial charge < -0.3 is 8.94 Å². The maximum Gasteiger partial charge on any atom is 0.440 e. The van der Waals surface area contributed by atoms with E-state index in [0.717, 1.165) is 22.8 Å². The van der Waals surface area contributed by atoms with Crippen LogP contribution in [0.25, 0.3) is 21.9 Å². The third-order valence-electron chi connectivity index (χ3n) is 3.51. The van der Waals surface area contributed by atoms with Gasteiger partial charge in [-0.1, -0.05) is 31.3 Å². The van der Waals surface area contributed by atoms with E-state index in [1.807, 2.05) is 31.2 Å². The molecule has 0 aliphatic heterocycles. The van der Waals surface area contributed by atoms with Gasteiger partial charge in [0, 0.05) is 16.5 Å². The molecular formula is C18H19O4PS2. The Labute approximate surface area is 155 Å². The Kier molecular flexibility index (Phi) is 5.85. The zero-order valence-corrected chi connectivity index (χ0v) is 16.6. The second kappa shape index (κ2) is 7.92. The fourth-order valence-electron chi connectivity index (χ4n) is 2.42. The van der Waals surface area contributed by atoms with Crippen LogP contribution in [0.5, 0.6) is 5.75 Å². The lowest BCUT2D eigenvalue weighted by atomic mass is 10.1. The average Bonchev–Trinajstić information content (AvgIpc) is 2.61. The highest BCUT2D eigenvalue weighted by Crippen LogP contribution is 2.60. The molecule has 1 unspecified atom stereocenters. The minimum absolute atomic E-state index is 0.327. The molecule has 0 bridgehead atoms. The monoisotopic (exact) mass is 394 g/mol. The molecule has 0 radical (unpaired) electrons. The van der Waals surface area contributed by atoms with Crippen LogP contribution in [-0.4, -0.2) is 12.4 Å². The van der Waals surface area contributed by atoms with E-state index < -0.39 is 6.80 Å². The van der Waals surface area contributed by atoms with Gasteiger partial charge in [-0.05, 0) is 55.1 Å². The number of hydrogen-bond donors (Lipinski definition) is 0. The molecule has 2 aromatic carbocycles. The van der Waals surface area contributed by atoms with Crippen molar-refractivity contribution in [3.63, 3.8) is 0 Å². The lowest BCUT2D eigenvalue weighted by molar-refractivity contribution is 0.296. The van der Waals surface area contributed by atoms with Gasteiger partial charge in [0.1, 0.15) is 16.9 Å². The molecule has 0 fully saturated rings. The molecule has 1 aromatic heterocycles. The third kappa shape index (κ3) is 4.09. The second-order valence-electron chi connectivity index (χ2n) is 5.37. The summed E-state index contributed by atoms with van der Waals surface area (Å²) in [6, 6.07) is 12.9. The van der Waals surface area contributed by atoms with E-state index in [2.05, 4.69) is 0 Å². The fourth-order valence-corrected chi connectivity index (χ4v) is 6.20.